The fourth-order valence-corrected chi connectivity index (χ4v) is 4.63. The van der Waals surface area contributed by atoms with Crippen LogP contribution in [0.4, 0.5) is 5.69 Å². The molecule has 1 N–H and O–H groups in total. The van der Waals surface area contributed by atoms with Gasteiger partial charge in [0, 0.05) is 34.3 Å². The van der Waals surface area contributed by atoms with Crippen molar-refractivity contribution < 1.29 is 9.53 Å². The van der Waals surface area contributed by atoms with Gasteiger partial charge in [0.25, 0.3) is 0 Å². The minimum Gasteiger partial charge on any atom is -0.491 e. The number of benzene rings is 1. The summed E-state index contributed by atoms with van der Waals surface area (Å²) in [5.74, 6) is 0.576. The highest BCUT2D eigenvalue weighted by Gasteiger charge is 2.13. The average molecular weight is 430 g/mol. The van der Waals surface area contributed by atoms with Crippen molar-refractivity contribution in [1.82, 2.24) is 9.55 Å². The van der Waals surface area contributed by atoms with E-state index in [1.807, 2.05) is 44.4 Å². The third-order valence-electron chi connectivity index (χ3n) is 4.54. The first kappa shape index (κ1) is 21.1. The van der Waals surface area contributed by atoms with Crippen molar-refractivity contribution in [2.45, 2.75) is 37.4 Å². The third-order valence-corrected chi connectivity index (χ3v) is 6.71. The van der Waals surface area contributed by atoms with Gasteiger partial charge in [0.05, 0.1) is 13.3 Å². The molecule has 2 aromatic heterocycles. The molecule has 0 bridgehead atoms. The predicted molar refractivity (Wildman–Crippen MR) is 118 cm³/mol. The van der Waals surface area contributed by atoms with Gasteiger partial charge in [-0.1, -0.05) is 23.9 Å². The van der Waals surface area contributed by atoms with Crippen molar-refractivity contribution in [3.05, 3.63) is 68.6 Å². The number of carbonyl (C=O) groups excluding carboxylic acids is 1. The summed E-state index contributed by atoms with van der Waals surface area (Å²) in [5.41, 5.74) is 4.45. The Morgan fingerprint density at radius 2 is 2.10 bits per heavy atom. The lowest BCUT2D eigenvalue weighted by atomic mass is 10.1. The molecule has 0 aliphatic carbocycles. The number of hydrogen-bond donors (Lipinski definition) is 1. The summed E-state index contributed by atoms with van der Waals surface area (Å²) < 4.78 is 7.85. The van der Waals surface area contributed by atoms with Crippen molar-refractivity contribution in [3.63, 3.8) is 0 Å². The largest absolute Gasteiger partial charge is 0.491 e. The fraction of sp³-hybridized carbons (Fsp3) is 0.286. The molecule has 0 saturated heterocycles. The molecule has 0 aliphatic heterocycles. The summed E-state index contributed by atoms with van der Waals surface area (Å²) >= 11 is 3.11. The number of amides is 1. The normalized spacial score (nSPS) is 10.8. The minimum absolute atomic E-state index is 0.0802. The van der Waals surface area contributed by atoms with Crippen molar-refractivity contribution >= 4 is 34.7 Å². The average Bonchev–Trinajstić information content (AvgIpc) is 3.10. The Balaban J connectivity index is 1.81. The zero-order valence-corrected chi connectivity index (χ0v) is 18.4. The van der Waals surface area contributed by atoms with Crippen molar-refractivity contribution in [2.75, 3.05) is 12.4 Å². The second-order valence-corrected chi connectivity index (χ2v) is 8.74. The van der Waals surface area contributed by atoms with Crippen LogP contribution in [0.3, 0.4) is 0 Å². The molecule has 0 unspecified atom stereocenters. The molecule has 2 heterocycles. The van der Waals surface area contributed by atoms with Crippen molar-refractivity contribution in [2.24, 2.45) is 0 Å². The summed E-state index contributed by atoms with van der Waals surface area (Å²) in [6.45, 7) is 6.01. The van der Waals surface area contributed by atoms with Crippen LogP contribution in [-0.4, -0.2) is 22.6 Å². The van der Waals surface area contributed by atoms with Gasteiger partial charge in [-0.05, 0) is 38.0 Å². The molecule has 0 fully saturated rings. The molecule has 0 radical (unpaired) electrons. The highest BCUT2D eigenvalue weighted by molar-refractivity contribution is 8.00. The number of thiazole rings is 1. The molecule has 0 spiro atoms. The number of carbonyl (C=O) groups is 1. The van der Waals surface area contributed by atoms with Gasteiger partial charge in [0.2, 0.25) is 11.3 Å². The zero-order valence-electron chi connectivity index (χ0n) is 16.8. The number of pyridine rings is 1. The van der Waals surface area contributed by atoms with Crippen LogP contribution in [0, 0.1) is 20.8 Å². The van der Waals surface area contributed by atoms with Gasteiger partial charge in [0.15, 0.2) is 5.75 Å². The van der Waals surface area contributed by atoms with Crippen LogP contribution in [-0.2, 0) is 17.1 Å². The number of aromatic nitrogens is 2. The first-order valence-electron chi connectivity index (χ1n) is 9.05. The maximum absolute atomic E-state index is 12.7. The molecule has 3 rings (SSSR count). The van der Waals surface area contributed by atoms with Gasteiger partial charge < -0.3 is 14.6 Å². The quantitative estimate of drug-likeness (QED) is 0.571. The summed E-state index contributed by atoms with van der Waals surface area (Å²) in [4.78, 5) is 29.4. The molecule has 0 aliphatic rings. The van der Waals surface area contributed by atoms with Gasteiger partial charge in [-0.25, -0.2) is 4.98 Å². The van der Waals surface area contributed by atoms with E-state index in [9.17, 15) is 9.59 Å². The van der Waals surface area contributed by atoms with E-state index < -0.39 is 0 Å². The van der Waals surface area contributed by atoms with Crippen molar-refractivity contribution in [1.29, 1.82) is 0 Å². The van der Waals surface area contributed by atoms with Crippen LogP contribution in [0.25, 0.3) is 0 Å². The van der Waals surface area contributed by atoms with Gasteiger partial charge >= 0.3 is 0 Å². The first-order chi connectivity index (χ1) is 13.9. The van der Waals surface area contributed by atoms with Crippen LogP contribution in [0.5, 0.6) is 5.75 Å². The van der Waals surface area contributed by atoms with Crippen LogP contribution < -0.4 is 15.5 Å². The summed E-state index contributed by atoms with van der Waals surface area (Å²) in [5, 5.41) is 4.95. The second-order valence-electron chi connectivity index (χ2n) is 6.66. The van der Waals surface area contributed by atoms with E-state index in [0.29, 0.717) is 5.75 Å². The number of thioether (sulfide) groups is 1. The number of hydrogen-bond acceptors (Lipinski definition) is 6. The zero-order chi connectivity index (χ0) is 21.0. The Morgan fingerprint density at radius 3 is 2.79 bits per heavy atom. The van der Waals surface area contributed by atoms with Crippen LogP contribution in [0.15, 0.2) is 45.0 Å². The summed E-state index contributed by atoms with van der Waals surface area (Å²) in [7, 11) is 1.45. The topological polar surface area (TPSA) is 73.2 Å². The number of anilines is 1. The molecule has 6 nitrogen and oxygen atoms in total. The van der Waals surface area contributed by atoms with Crippen LogP contribution >= 0.6 is 23.1 Å². The van der Waals surface area contributed by atoms with Crippen LogP contribution in [0.1, 0.15) is 22.5 Å². The minimum atomic E-state index is -0.204. The van der Waals surface area contributed by atoms with E-state index in [1.165, 1.54) is 13.2 Å². The maximum Gasteiger partial charge on any atom is 0.244 e. The van der Waals surface area contributed by atoms with E-state index in [0.717, 1.165) is 32.5 Å². The van der Waals surface area contributed by atoms with Crippen LogP contribution in [0.2, 0.25) is 0 Å². The summed E-state index contributed by atoms with van der Waals surface area (Å²) in [6, 6.07) is 7.33. The predicted octanol–water partition coefficient (Wildman–Crippen LogP) is 4.17. The number of rotatable bonds is 7. The second kappa shape index (κ2) is 9.28. The molecular weight excluding hydrogens is 406 g/mol. The van der Waals surface area contributed by atoms with Gasteiger partial charge in [-0.3, -0.25) is 9.59 Å². The molecule has 1 amide bonds. The number of ether oxygens (including phenoxy) is 1. The molecule has 152 valence electrons. The smallest absolute Gasteiger partial charge is 0.244 e. The Labute approximate surface area is 177 Å². The highest BCUT2D eigenvalue weighted by atomic mass is 32.2. The number of aryl methyl sites for hydroxylation is 2. The van der Waals surface area contributed by atoms with Gasteiger partial charge in [0.1, 0.15) is 10.9 Å². The van der Waals surface area contributed by atoms with Crippen molar-refractivity contribution in [3.8, 4) is 5.75 Å². The maximum atomic E-state index is 12.7. The monoisotopic (exact) mass is 429 g/mol. The highest BCUT2D eigenvalue weighted by Crippen LogP contribution is 2.26. The Morgan fingerprint density at radius 1 is 1.31 bits per heavy atom. The Kier molecular flexibility index (Phi) is 6.76. The van der Waals surface area contributed by atoms with Gasteiger partial charge in [-0.15, -0.1) is 11.3 Å². The Bertz CT molecular complexity index is 1090. The van der Waals surface area contributed by atoms with E-state index in [1.54, 1.807) is 33.9 Å². The molecule has 0 saturated carbocycles. The molecular formula is C21H23N3O3S2. The standard InChI is InChI=1S/C21H23N3O3S2/c1-13-6-5-7-17(15(13)3)23-20(26)10-24-9-19(27-4)18(25)8-16(24)12-29-21-22-14(2)11-28-21/h5-9,11H,10,12H2,1-4H3,(H,23,26). The SMILES string of the molecule is COc1cn(CC(=O)Nc2cccc(C)c2C)c(CSc2nc(C)cs2)cc1=O. The lowest BCUT2D eigenvalue weighted by Gasteiger charge is -2.15. The number of methoxy groups -OCH3 is 1. The van der Waals surface area contributed by atoms with E-state index in [4.69, 9.17) is 4.74 Å². The molecule has 8 heteroatoms. The molecule has 0 atom stereocenters. The lowest BCUT2D eigenvalue weighted by molar-refractivity contribution is -0.116. The molecule has 3 aromatic rings. The number of nitrogens with one attached hydrogen (secondary N) is 1. The third kappa shape index (κ3) is 5.27. The number of nitrogens with zero attached hydrogens (tertiary/aromatic N) is 2. The Hall–Kier alpha value is -2.58. The molecule has 1 aromatic carbocycles. The van der Waals surface area contributed by atoms with E-state index in [2.05, 4.69) is 10.3 Å². The lowest BCUT2D eigenvalue weighted by Crippen LogP contribution is -2.23. The fourth-order valence-electron chi connectivity index (χ4n) is 2.78. The molecule has 29 heavy (non-hydrogen) atoms. The van der Waals surface area contributed by atoms with E-state index in [-0.39, 0.29) is 23.6 Å². The summed E-state index contributed by atoms with van der Waals surface area (Å²) in [6.07, 6.45) is 1.59. The van der Waals surface area contributed by atoms with E-state index >= 15 is 0 Å². The van der Waals surface area contributed by atoms with Gasteiger partial charge in [-0.2, -0.15) is 0 Å². The first-order valence-corrected chi connectivity index (χ1v) is 10.9.